The summed E-state index contributed by atoms with van der Waals surface area (Å²) in [6, 6.07) is 0. The Hall–Kier alpha value is -0.560. The summed E-state index contributed by atoms with van der Waals surface area (Å²) >= 11 is 0. The van der Waals surface area contributed by atoms with Gasteiger partial charge in [-0.2, -0.15) is 0 Å². The Labute approximate surface area is 70.2 Å². The van der Waals surface area contributed by atoms with Crippen LogP contribution in [0.3, 0.4) is 0 Å². The van der Waals surface area contributed by atoms with E-state index in [0.717, 1.165) is 13.0 Å². The van der Waals surface area contributed by atoms with Crippen LogP contribution in [0.4, 0.5) is 0 Å². The molecule has 0 heterocycles. The van der Waals surface area contributed by atoms with Gasteiger partial charge < -0.3 is 5.32 Å². The number of hydrogen-bond acceptors (Lipinski definition) is 1. The van der Waals surface area contributed by atoms with Gasteiger partial charge in [0.1, 0.15) is 0 Å². The first-order valence-corrected chi connectivity index (χ1v) is 4.06. The number of rotatable bonds is 4. The average Bonchev–Trinajstić information content (AvgIpc) is 1.98. The van der Waals surface area contributed by atoms with Gasteiger partial charge in [-0.25, -0.2) is 0 Å². The summed E-state index contributed by atoms with van der Waals surface area (Å²) in [5, 5.41) is 3.13. The molecule has 0 aliphatic heterocycles. The third kappa shape index (κ3) is 3.99. The Morgan fingerprint density at radius 1 is 1.27 bits per heavy atom. The lowest BCUT2D eigenvalue weighted by atomic mass is 10.0. The van der Waals surface area contributed by atoms with E-state index in [4.69, 9.17) is 0 Å². The molecule has 0 atom stereocenters. The number of allylic oxidation sites excluding steroid dienone is 2. The Morgan fingerprint density at radius 2 is 1.82 bits per heavy atom. The molecule has 0 unspecified atom stereocenters. The molecular weight excluding hydrogens is 134 g/mol. The van der Waals surface area contributed by atoms with Crippen molar-refractivity contribution in [3.05, 3.63) is 23.3 Å². The first-order chi connectivity index (χ1) is 5.09. The van der Waals surface area contributed by atoms with Gasteiger partial charge in [0.25, 0.3) is 0 Å². The maximum Gasteiger partial charge on any atom is -0.00145 e. The smallest absolute Gasteiger partial charge is 0.00145 e. The fourth-order valence-electron chi connectivity index (χ4n) is 0.864. The zero-order chi connectivity index (χ0) is 8.85. The minimum atomic E-state index is 1.05. The molecule has 1 N–H and O–H groups in total. The maximum atomic E-state index is 3.91. The van der Waals surface area contributed by atoms with Gasteiger partial charge in [-0.1, -0.05) is 17.7 Å². The van der Waals surface area contributed by atoms with Crippen molar-refractivity contribution in [3.8, 4) is 0 Å². The first-order valence-electron chi connectivity index (χ1n) is 4.06. The molecule has 0 aromatic rings. The molecular formula is C10H19N. The zero-order valence-corrected chi connectivity index (χ0v) is 8.12. The molecule has 64 valence electrons. The van der Waals surface area contributed by atoms with Crippen LogP contribution in [0.1, 0.15) is 27.2 Å². The lowest BCUT2D eigenvalue weighted by Gasteiger charge is -2.06. The summed E-state index contributed by atoms with van der Waals surface area (Å²) in [4.78, 5) is 0. The van der Waals surface area contributed by atoms with Crippen LogP contribution in [0.15, 0.2) is 23.3 Å². The van der Waals surface area contributed by atoms with Crippen molar-refractivity contribution < 1.29 is 0 Å². The second kappa shape index (κ2) is 5.14. The van der Waals surface area contributed by atoms with Crippen molar-refractivity contribution in [2.75, 3.05) is 13.6 Å². The van der Waals surface area contributed by atoms with E-state index in [2.05, 4.69) is 32.7 Å². The fourth-order valence-corrected chi connectivity index (χ4v) is 0.864. The van der Waals surface area contributed by atoms with E-state index in [1.54, 1.807) is 0 Å². The maximum absolute atomic E-state index is 3.91. The van der Waals surface area contributed by atoms with Crippen LogP contribution in [-0.4, -0.2) is 13.6 Å². The molecule has 0 fully saturated rings. The van der Waals surface area contributed by atoms with Gasteiger partial charge in [0.15, 0.2) is 0 Å². The first kappa shape index (κ1) is 10.4. The second-order valence-corrected chi connectivity index (χ2v) is 3.04. The summed E-state index contributed by atoms with van der Waals surface area (Å²) < 4.78 is 0. The lowest BCUT2D eigenvalue weighted by Crippen LogP contribution is -2.08. The molecule has 0 aromatic heterocycles. The molecule has 0 aliphatic carbocycles. The van der Waals surface area contributed by atoms with Gasteiger partial charge >= 0.3 is 0 Å². The summed E-state index contributed by atoms with van der Waals surface area (Å²) in [7, 11) is 1.98. The van der Waals surface area contributed by atoms with E-state index in [-0.39, 0.29) is 0 Å². The normalized spacial score (nSPS) is 12.7. The quantitative estimate of drug-likeness (QED) is 0.612. The van der Waals surface area contributed by atoms with E-state index >= 15 is 0 Å². The highest BCUT2D eigenvalue weighted by Gasteiger charge is 1.96. The van der Waals surface area contributed by atoms with Crippen molar-refractivity contribution in [1.29, 1.82) is 0 Å². The number of nitrogens with one attached hydrogen (secondary N) is 1. The molecule has 0 radical (unpaired) electrons. The molecule has 11 heavy (non-hydrogen) atoms. The third-order valence-electron chi connectivity index (χ3n) is 2.03. The zero-order valence-electron chi connectivity index (χ0n) is 8.12. The predicted molar refractivity (Wildman–Crippen MR) is 51.7 cm³/mol. The Kier molecular flexibility index (Phi) is 4.88. The minimum absolute atomic E-state index is 1.05. The van der Waals surface area contributed by atoms with Crippen molar-refractivity contribution in [3.63, 3.8) is 0 Å². The van der Waals surface area contributed by atoms with Crippen molar-refractivity contribution in [2.45, 2.75) is 27.2 Å². The fraction of sp³-hybridized carbons (Fsp3) is 0.600. The molecule has 0 amide bonds. The van der Waals surface area contributed by atoms with Crippen LogP contribution >= 0.6 is 0 Å². The standard InChI is InChI=1S/C10H19N/c1-8(2)10(4)9(3)6-7-11-5/h11H,1,6-7H2,2-5H3. The van der Waals surface area contributed by atoms with E-state index in [0.29, 0.717) is 0 Å². The van der Waals surface area contributed by atoms with E-state index in [1.165, 1.54) is 16.7 Å². The van der Waals surface area contributed by atoms with E-state index < -0.39 is 0 Å². The van der Waals surface area contributed by atoms with Gasteiger partial charge in [0.2, 0.25) is 0 Å². The van der Waals surface area contributed by atoms with Crippen LogP contribution < -0.4 is 5.32 Å². The summed E-state index contributed by atoms with van der Waals surface area (Å²) in [6.45, 7) is 11.3. The van der Waals surface area contributed by atoms with Crippen LogP contribution in [0.25, 0.3) is 0 Å². The van der Waals surface area contributed by atoms with Gasteiger partial charge in [0.05, 0.1) is 0 Å². The third-order valence-corrected chi connectivity index (χ3v) is 2.03. The monoisotopic (exact) mass is 153 g/mol. The molecule has 0 saturated carbocycles. The summed E-state index contributed by atoms with van der Waals surface area (Å²) in [5.41, 5.74) is 3.96. The second-order valence-electron chi connectivity index (χ2n) is 3.04. The Morgan fingerprint density at radius 3 is 2.18 bits per heavy atom. The summed E-state index contributed by atoms with van der Waals surface area (Å²) in [5.74, 6) is 0. The highest BCUT2D eigenvalue weighted by Crippen LogP contribution is 2.13. The molecule has 0 aromatic carbocycles. The van der Waals surface area contributed by atoms with Crippen LogP contribution in [-0.2, 0) is 0 Å². The Balaban J connectivity index is 4.05. The SMILES string of the molecule is C=C(C)C(C)=C(C)CCNC. The topological polar surface area (TPSA) is 12.0 Å². The Bertz CT molecular complexity index is 166. The van der Waals surface area contributed by atoms with Crippen molar-refractivity contribution in [2.24, 2.45) is 0 Å². The molecule has 1 heteroatoms. The van der Waals surface area contributed by atoms with Gasteiger partial charge in [-0.05, 0) is 46.4 Å². The molecule has 0 rings (SSSR count). The minimum Gasteiger partial charge on any atom is -0.319 e. The molecule has 0 aliphatic rings. The largest absolute Gasteiger partial charge is 0.319 e. The van der Waals surface area contributed by atoms with Gasteiger partial charge in [-0.15, -0.1) is 0 Å². The van der Waals surface area contributed by atoms with Crippen molar-refractivity contribution >= 4 is 0 Å². The van der Waals surface area contributed by atoms with Crippen molar-refractivity contribution in [1.82, 2.24) is 5.32 Å². The lowest BCUT2D eigenvalue weighted by molar-refractivity contribution is 0.780. The van der Waals surface area contributed by atoms with Crippen LogP contribution in [0, 0.1) is 0 Å². The van der Waals surface area contributed by atoms with Crippen LogP contribution in [0.2, 0.25) is 0 Å². The van der Waals surface area contributed by atoms with E-state index in [9.17, 15) is 0 Å². The molecule has 0 saturated heterocycles. The molecule has 1 nitrogen and oxygen atoms in total. The van der Waals surface area contributed by atoms with E-state index in [1.807, 2.05) is 7.05 Å². The van der Waals surface area contributed by atoms with Gasteiger partial charge in [0, 0.05) is 0 Å². The van der Waals surface area contributed by atoms with Crippen LogP contribution in [0.5, 0.6) is 0 Å². The predicted octanol–water partition coefficient (Wildman–Crippen LogP) is 2.51. The highest BCUT2D eigenvalue weighted by molar-refractivity contribution is 5.28. The van der Waals surface area contributed by atoms with Gasteiger partial charge in [-0.3, -0.25) is 0 Å². The highest BCUT2D eigenvalue weighted by atomic mass is 14.8. The number of hydrogen-bond donors (Lipinski definition) is 1. The summed E-state index contributed by atoms with van der Waals surface area (Å²) in [6.07, 6.45) is 1.12. The average molecular weight is 153 g/mol. The molecule has 0 spiro atoms. The molecule has 0 bridgehead atoms.